The maximum Gasteiger partial charge on any atom is 0.304 e. The summed E-state index contributed by atoms with van der Waals surface area (Å²) >= 11 is 0. The second-order valence-electron chi connectivity index (χ2n) is 6.38. The van der Waals surface area contributed by atoms with E-state index in [2.05, 4.69) is 4.98 Å². The van der Waals surface area contributed by atoms with Gasteiger partial charge in [-0.05, 0) is 43.3 Å². The van der Waals surface area contributed by atoms with Crippen LogP contribution in [0.2, 0.25) is 0 Å². The Morgan fingerprint density at radius 3 is 2.23 bits per heavy atom. The molecular formula is C21H13N3O6. The summed E-state index contributed by atoms with van der Waals surface area (Å²) in [7, 11) is 0. The summed E-state index contributed by atoms with van der Waals surface area (Å²) < 4.78 is 10.7. The number of nitrogens with zero attached hydrogens (tertiary/aromatic N) is 3. The van der Waals surface area contributed by atoms with Crippen LogP contribution in [0.5, 0.6) is 5.75 Å². The number of amides is 2. The number of aromatic nitrogens is 1. The minimum absolute atomic E-state index is 0.000687. The Morgan fingerprint density at radius 2 is 1.67 bits per heavy atom. The molecule has 1 aliphatic heterocycles. The highest BCUT2D eigenvalue weighted by atomic mass is 16.5. The minimum Gasteiger partial charge on any atom is -0.494 e. The zero-order valence-electron chi connectivity index (χ0n) is 15.6. The molecule has 1 aromatic heterocycles. The zero-order chi connectivity index (χ0) is 21.5. The number of imide groups is 1. The number of carbonyl (C=O) groups excluding carboxylic acids is 4. The van der Waals surface area contributed by atoms with Crippen molar-refractivity contribution in [3.63, 3.8) is 0 Å². The maximum atomic E-state index is 13.0. The van der Waals surface area contributed by atoms with Gasteiger partial charge in [-0.1, -0.05) is 12.1 Å². The smallest absolute Gasteiger partial charge is 0.304 e. The van der Waals surface area contributed by atoms with Gasteiger partial charge in [0.15, 0.2) is 5.58 Å². The van der Waals surface area contributed by atoms with Gasteiger partial charge >= 0.3 is 11.8 Å². The fourth-order valence-corrected chi connectivity index (χ4v) is 3.19. The third kappa shape index (κ3) is 2.58. The van der Waals surface area contributed by atoms with Gasteiger partial charge in [0, 0.05) is 0 Å². The van der Waals surface area contributed by atoms with Gasteiger partial charge in [-0.25, -0.2) is 9.88 Å². The summed E-state index contributed by atoms with van der Waals surface area (Å²) in [4.78, 5) is 56.0. The Kier molecular flexibility index (Phi) is 4.39. The first-order valence-corrected chi connectivity index (χ1v) is 8.92. The van der Waals surface area contributed by atoms with Crippen molar-refractivity contribution in [2.45, 2.75) is 12.3 Å². The molecule has 148 valence electrons. The normalized spacial score (nSPS) is 16.1. The van der Waals surface area contributed by atoms with E-state index in [4.69, 9.17) is 9.15 Å². The van der Waals surface area contributed by atoms with Crippen LogP contribution in [0, 0.1) is 11.3 Å². The number of hydrogen-bond donors (Lipinski definition) is 0. The molecule has 3 aromatic rings. The molecule has 0 unspecified atom stereocenters. The standard InChI is InChI=1S/C21H13N3O6/c1-2-29-13-9-7-12(8-10-13)24-18(27)16(25)21(11-22,17(26)19(24)28)20-23-14-5-3-4-6-15(14)30-20/h3-10H,2H2,1H3. The van der Waals surface area contributed by atoms with Crippen LogP contribution in [0.1, 0.15) is 12.8 Å². The lowest BCUT2D eigenvalue weighted by Crippen LogP contribution is -2.63. The molecule has 4 rings (SSSR count). The SMILES string of the molecule is CCOc1ccc(N2C(=O)C(=O)C(C#N)(c3nc4ccccc4o3)C(=O)C2=O)cc1. The fraction of sp³-hybridized carbons (Fsp3) is 0.143. The van der Waals surface area contributed by atoms with E-state index in [1.165, 1.54) is 36.4 Å². The summed E-state index contributed by atoms with van der Waals surface area (Å²) in [5.41, 5.74) is -2.29. The van der Waals surface area contributed by atoms with Crippen molar-refractivity contribution in [1.29, 1.82) is 5.26 Å². The van der Waals surface area contributed by atoms with Gasteiger partial charge in [0.1, 0.15) is 11.3 Å². The Morgan fingerprint density at radius 1 is 1.03 bits per heavy atom. The van der Waals surface area contributed by atoms with Crippen LogP contribution in [-0.4, -0.2) is 35.0 Å². The van der Waals surface area contributed by atoms with Crippen molar-refractivity contribution in [2.24, 2.45) is 0 Å². The van der Waals surface area contributed by atoms with Crippen LogP contribution >= 0.6 is 0 Å². The van der Waals surface area contributed by atoms with Crippen molar-refractivity contribution >= 4 is 40.2 Å². The molecule has 9 heteroatoms. The molecule has 0 aliphatic carbocycles. The van der Waals surface area contributed by atoms with Gasteiger partial charge < -0.3 is 9.15 Å². The topological polar surface area (TPSA) is 131 Å². The average molecular weight is 403 g/mol. The number of oxazole rings is 1. The van der Waals surface area contributed by atoms with Crippen LogP contribution in [-0.2, 0) is 24.6 Å². The molecule has 0 N–H and O–H groups in total. The van der Waals surface area contributed by atoms with Crippen molar-refractivity contribution in [3.8, 4) is 11.8 Å². The molecule has 1 fully saturated rings. The quantitative estimate of drug-likeness (QED) is 0.365. The van der Waals surface area contributed by atoms with E-state index >= 15 is 0 Å². The molecule has 1 aliphatic rings. The van der Waals surface area contributed by atoms with Crippen LogP contribution in [0.3, 0.4) is 0 Å². The molecule has 1 saturated heterocycles. The third-order valence-electron chi connectivity index (χ3n) is 4.66. The van der Waals surface area contributed by atoms with E-state index in [0.717, 1.165) is 0 Å². The Hall–Kier alpha value is -4.32. The van der Waals surface area contributed by atoms with Gasteiger partial charge in [-0.2, -0.15) is 5.26 Å². The lowest BCUT2D eigenvalue weighted by Gasteiger charge is -2.30. The molecule has 0 atom stereocenters. The van der Waals surface area contributed by atoms with Crippen molar-refractivity contribution in [1.82, 2.24) is 4.98 Å². The molecular weight excluding hydrogens is 390 g/mol. The minimum atomic E-state index is -2.77. The number of ketones is 2. The van der Waals surface area contributed by atoms with Gasteiger partial charge in [-0.3, -0.25) is 19.2 Å². The molecule has 2 aromatic carbocycles. The number of piperidine rings is 1. The van der Waals surface area contributed by atoms with Crippen molar-refractivity contribution in [2.75, 3.05) is 11.5 Å². The lowest BCUT2D eigenvalue weighted by molar-refractivity contribution is -0.152. The van der Waals surface area contributed by atoms with Gasteiger partial charge in [0.05, 0.1) is 18.4 Å². The summed E-state index contributed by atoms with van der Waals surface area (Å²) in [5.74, 6) is -5.59. The number of benzene rings is 2. The third-order valence-corrected chi connectivity index (χ3v) is 4.66. The number of rotatable bonds is 4. The molecule has 9 nitrogen and oxygen atoms in total. The number of ether oxygens (including phenoxy) is 1. The Bertz CT molecular complexity index is 1190. The first-order chi connectivity index (χ1) is 14.4. The number of anilines is 1. The number of para-hydroxylation sites is 2. The predicted molar refractivity (Wildman–Crippen MR) is 101 cm³/mol. The highest BCUT2D eigenvalue weighted by Crippen LogP contribution is 2.35. The Labute approximate surface area is 169 Å². The molecule has 0 spiro atoms. The number of Topliss-reactive ketones (excluding diaryl/α,β-unsaturated/α-hetero) is 2. The fourth-order valence-electron chi connectivity index (χ4n) is 3.19. The zero-order valence-corrected chi connectivity index (χ0v) is 15.6. The van der Waals surface area contributed by atoms with Crippen LogP contribution in [0.25, 0.3) is 11.1 Å². The number of nitriles is 1. The predicted octanol–water partition coefficient (Wildman–Crippen LogP) is 1.70. The van der Waals surface area contributed by atoms with E-state index < -0.39 is 34.7 Å². The summed E-state index contributed by atoms with van der Waals surface area (Å²) in [6.07, 6.45) is 0. The number of hydrogen-bond acceptors (Lipinski definition) is 8. The van der Waals surface area contributed by atoms with E-state index in [1.807, 2.05) is 0 Å². The van der Waals surface area contributed by atoms with Crippen LogP contribution in [0.15, 0.2) is 52.9 Å². The molecule has 0 radical (unpaired) electrons. The van der Waals surface area contributed by atoms with E-state index in [-0.39, 0.29) is 16.8 Å². The van der Waals surface area contributed by atoms with Crippen molar-refractivity contribution < 1.29 is 28.3 Å². The van der Waals surface area contributed by atoms with Gasteiger partial charge in [0.25, 0.3) is 17.0 Å². The first kappa shape index (κ1) is 19.0. The highest BCUT2D eigenvalue weighted by molar-refractivity contribution is 6.68. The molecule has 2 heterocycles. The van der Waals surface area contributed by atoms with Crippen molar-refractivity contribution in [3.05, 3.63) is 54.4 Å². The molecule has 2 amide bonds. The van der Waals surface area contributed by atoms with E-state index in [1.54, 1.807) is 25.1 Å². The van der Waals surface area contributed by atoms with Gasteiger partial charge in [0.2, 0.25) is 5.89 Å². The number of carbonyl (C=O) groups is 4. The summed E-state index contributed by atoms with van der Waals surface area (Å²) in [6, 6.07) is 13.5. The maximum absolute atomic E-state index is 13.0. The lowest BCUT2D eigenvalue weighted by atomic mass is 9.76. The Balaban J connectivity index is 1.79. The monoisotopic (exact) mass is 403 g/mol. The first-order valence-electron chi connectivity index (χ1n) is 8.92. The summed E-state index contributed by atoms with van der Waals surface area (Å²) in [6.45, 7) is 2.20. The largest absolute Gasteiger partial charge is 0.494 e. The highest BCUT2D eigenvalue weighted by Gasteiger charge is 2.63. The summed E-state index contributed by atoms with van der Waals surface area (Å²) in [5, 5.41) is 9.72. The van der Waals surface area contributed by atoms with E-state index in [9.17, 15) is 24.4 Å². The average Bonchev–Trinajstić information content (AvgIpc) is 3.19. The van der Waals surface area contributed by atoms with E-state index in [0.29, 0.717) is 17.3 Å². The molecule has 0 saturated carbocycles. The number of fused-ring (bicyclic) bond motifs is 1. The second kappa shape index (κ2) is 6.93. The van der Waals surface area contributed by atoms with Gasteiger partial charge in [-0.15, -0.1) is 0 Å². The van der Waals surface area contributed by atoms with Crippen LogP contribution in [0.4, 0.5) is 5.69 Å². The molecule has 0 bridgehead atoms. The second-order valence-corrected chi connectivity index (χ2v) is 6.38. The van der Waals surface area contributed by atoms with Crippen LogP contribution < -0.4 is 9.64 Å². The molecule has 30 heavy (non-hydrogen) atoms.